The Balaban J connectivity index is 1.88. The number of methoxy groups -OCH3 is 2. The first-order chi connectivity index (χ1) is 16.6. The molecule has 5 nitrogen and oxygen atoms in total. The van der Waals surface area contributed by atoms with E-state index in [4.69, 9.17) is 26.4 Å². The number of thiocarbonyl (C=S) groups is 1. The minimum Gasteiger partial charge on any atom is -0.497 e. The molecule has 2 rings (SSSR count). The highest BCUT2D eigenvalue weighted by Crippen LogP contribution is 2.38. The molecule has 0 heterocycles. The van der Waals surface area contributed by atoms with Crippen molar-refractivity contribution in [3.8, 4) is 17.2 Å². The highest BCUT2D eigenvalue weighted by atomic mass is 32.1. The number of hydrogen-bond acceptors (Lipinski definition) is 4. The van der Waals surface area contributed by atoms with Gasteiger partial charge >= 0.3 is 0 Å². The van der Waals surface area contributed by atoms with Gasteiger partial charge in [0.1, 0.15) is 17.2 Å². The van der Waals surface area contributed by atoms with Crippen LogP contribution in [0.15, 0.2) is 36.4 Å². The normalized spacial score (nSPS) is 11.7. The van der Waals surface area contributed by atoms with Gasteiger partial charge in [-0.05, 0) is 72.5 Å². The van der Waals surface area contributed by atoms with Gasteiger partial charge in [-0.3, -0.25) is 0 Å². The van der Waals surface area contributed by atoms with Crippen LogP contribution in [0.1, 0.15) is 78.4 Å². The molecule has 0 saturated heterocycles. The number of benzene rings is 2. The van der Waals surface area contributed by atoms with Crippen molar-refractivity contribution >= 4 is 23.0 Å². The molecule has 0 saturated carbocycles. The van der Waals surface area contributed by atoms with Gasteiger partial charge in [0.2, 0.25) is 0 Å². The van der Waals surface area contributed by atoms with Crippen molar-refractivity contribution in [2.75, 3.05) is 32.7 Å². The van der Waals surface area contributed by atoms with Crippen LogP contribution in [-0.4, -0.2) is 32.5 Å². The van der Waals surface area contributed by atoms with E-state index < -0.39 is 0 Å². The summed E-state index contributed by atoms with van der Waals surface area (Å²) in [6, 6.07) is 12.3. The Labute approximate surface area is 217 Å². The number of ether oxygens (including phenoxy) is 3. The van der Waals surface area contributed by atoms with Crippen LogP contribution in [0.4, 0.5) is 5.69 Å². The second-order valence-corrected chi connectivity index (χ2v) is 10.6. The van der Waals surface area contributed by atoms with Crippen molar-refractivity contribution in [1.82, 2.24) is 5.32 Å². The predicted octanol–water partition coefficient (Wildman–Crippen LogP) is 7.22. The summed E-state index contributed by atoms with van der Waals surface area (Å²) in [5.74, 6) is 2.45. The van der Waals surface area contributed by atoms with Crippen LogP contribution in [0.3, 0.4) is 0 Å². The molecule has 0 aliphatic rings. The Morgan fingerprint density at radius 1 is 0.857 bits per heavy atom. The molecular formula is C29H44N2O3S. The number of anilines is 1. The Hall–Kier alpha value is -2.47. The standard InChI is InChI=1S/C29H44N2O3S/c1-9-28(3,4)21-13-15-25(23(19-21)29(5,6)10-2)34-18-12-11-17-30-27(35)31-24-20-22(32-7)14-16-26(24)33-8/h13-16,19-20H,9-12,17-18H2,1-8H3,(H2,30,31,35). The van der Waals surface area contributed by atoms with E-state index in [1.54, 1.807) is 14.2 Å². The molecule has 0 aliphatic heterocycles. The minimum absolute atomic E-state index is 0.0652. The third-order valence-corrected chi connectivity index (χ3v) is 7.27. The van der Waals surface area contributed by atoms with Gasteiger partial charge in [-0.15, -0.1) is 0 Å². The van der Waals surface area contributed by atoms with E-state index >= 15 is 0 Å². The molecule has 0 atom stereocenters. The van der Waals surface area contributed by atoms with Crippen LogP contribution in [0, 0.1) is 0 Å². The molecule has 35 heavy (non-hydrogen) atoms. The summed E-state index contributed by atoms with van der Waals surface area (Å²) in [6.07, 6.45) is 4.05. The van der Waals surface area contributed by atoms with Gasteiger partial charge in [-0.1, -0.05) is 53.7 Å². The zero-order valence-corrected chi connectivity index (χ0v) is 23.7. The SMILES string of the molecule is CCC(C)(C)c1ccc(OCCCCNC(=S)Nc2cc(OC)ccc2OC)c(C(C)(C)CC)c1. The molecule has 2 aromatic rings. The minimum atomic E-state index is 0.0652. The molecular weight excluding hydrogens is 456 g/mol. The summed E-state index contributed by atoms with van der Waals surface area (Å²) >= 11 is 5.45. The quantitative estimate of drug-likeness (QED) is 0.224. The third-order valence-electron chi connectivity index (χ3n) is 7.03. The molecule has 194 valence electrons. The molecule has 0 radical (unpaired) electrons. The predicted molar refractivity (Wildman–Crippen MR) is 152 cm³/mol. The van der Waals surface area contributed by atoms with Gasteiger partial charge in [-0.2, -0.15) is 0 Å². The zero-order valence-electron chi connectivity index (χ0n) is 22.8. The van der Waals surface area contributed by atoms with Crippen molar-refractivity contribution in [2.24, 2.45) is 0 Å². The van der Waals surface area contributed by atoms with Crippen LogP contribution in [-0.2, 0) is 10.8 Å². The first kappa shape index (κ1) is 28.8. The number of unbranched alkanes of at least 4 members (excludes halogenated alkanes) is 1. The maximum absolute atomic E-state index is 6.28. The van der Waals surface area contributed by atoms with E-state index in [1.165, 1.54) is 11.1 Å². The number of hydrogen-bond donors (Lipinski definition) is 2. The number of nitrogens with one attached hydrogen (secondary N) is 2. The van der Waals surface area contributed by atoms with Crippen molar-refractivity contribution in [2.45, 2.75) is 78.1 Å². The van der Waals surface area contributed by atoms with E-state index in [1.807, 2.05) is 18.2 Å². The Morgan fingerprint density at radius 2 is 1.54 bits per heavy atom. The summed E-state index contributed by atoms with van der Waals surface area (Å²) in [6.45, 7) is 15.1. The van der Waals surface area contributed by atoms with Crippen LogP contribution in [0.5, 0.6) is 17.2 Å². The summed E-state index contributed by atoms with van der Waals surface area (Å²) in [5.41, 5.74) is 3.67. The monoisotopic (exact) mass is 500 g/mol. The smallest absolute Gasteiger partial charge is 0.170 e. The van der Waals surface area contributed by atoms with Gasteiger partial charge in [0.05, 0.1) is 26.5 Å². The number of rotatable bonds is 13. The molecule has 0 aliphatic carbocycles. The van der Waals surface area contributed by atoms with Crippen LogP contribution in [0.2, 0.25) is 0 Å². The third kappa shape index (κ3) is 8.03. The lowest BCUT2D eigenvalue weighted by Gasteiger charge is -2.30. The van der Waals surface area contributed by atoms with Gasteiger partial charge < -0.3 is 24.8 Å². The summed E-state index contributed by atoms with van der Waals surface area (Å²) in [4.78, 5) is 0. The average Bonchev–Trinajstić information content (AvgIpc) is 2.85. The molecule has 0 amide bonds. The van der Waals surface area contributed by atoms with Crippen molar-refractivity contribution in [1.29, 1.82) is 0 Å². The van der Waals surface area contributed by atoms with Crippen LogP contribution in [0.25, 0.3) is 0 Å². The Morgan fingerprint density at radius 3 is 2.17 bits per heavy atom. The van der Waals surface area contributed by atoms with Crippen LogP contribution < -0.4 is 24.8 Å². The molecule has 0 spiro atoms. The van der Waals surface area contributed by atoms with E-state index in [2.05, 4.69) is 70.4 Å². The summed E-state index contributed by atoms with van der Waals surface area (Å²) in [7, 11) is 3.27. The van der Waals surface area contributed by atoms with Crippen molar-refractivity contribution in [3.05, 3.63) is 47.5 Å². The fourth-order valence-corrected chi connectivity index (χ4v) is 3.90. The molecule has 2 N–H and O–H groups in total. The molecule has 0 bridgehead atoms. The van der Waals surface area contributed by atoms with Gasteiger partial charge in [0.15, 0.2) is 5.11 Å². The van der Waals surface area contributed by atoms with Crippen molar-refractivity contribution < 1.29 is 14.2 Å². The largest absolute Gasteiger partial charge is 0.497 e. The van der Waals surface area contributed by atoms with Gasteiger partial charge in [0.25, 0.3) is 0 Å². The summed E-state index contributed by atoms with van der Waals surface area (Å²) in [5, 5.41) is 7.01. The first-order valence-electron chi connectivity index (χ1n) is 12.6. The lowest BCUT2D eigenvalue weighted by atomic mass is 9.76. The van der Waals surface area contributed by atoms with E-state index in [9.17, 15) is 0 Å². The maximum Gasteiger partial charge on any atom is 0.170 e. The topological polar surface area (TPSA) is 51.8 Å². The lowest BCUT2D eigenvalue weighted by molar-refractivity contribution is 0.296. The fourth-order valence-electron chi connectivity index (χ4n) is 3.69. The maximum atomic E-state index is 6.28. The van der Waals surface area contributed by atoms with Gasteiger partial charge in [-0.25, -0.2) is 0 Å². The lowest BCUT2D eigenvalue weighted by Crippen LogP contribution is -2.29. The van der Waals surface area contributed by atoms with E-state index in [-0.39, 0.29) is 10.8 Å². The molecule has 2 aromatic carbocycles. The average molecular weight is 501 g/mol. The fraction of sp³-hybridized carbons (Fsp3) is 0.552. The zero-order chi connectivity index (χ0) is 26.1. The summed E-state index contributed by atoms with van der Waals surface area (Å²) < 4.78 is 17.0. The highest BCUT2D eigenvalue weighted by Gasteiger charge is 2.26. The van der Waals surface area contributed by atoms with E-state index in [0.717, 1.165) is 49.4 Å². The Kier molecular flexibility index (Phi) is 10.7. The molecule has 0 unspecified atom stereocenters. The molecule has 0 aromatic heterocycles. The van der Waals surface area contributed by atoms with E-state index in [0.29, 0.717) is 17.5 Å². The Bertz CT molecular complexity index is 972. The van der Waals surface area contributed by atoms with Gasteiger partial charge in [0, 0.05) is 18.2 Å². The second kappa shape index (κ2) is 13.0. The molecule has 0 fully saturated rings. The van der Waals surface area contributed by atoms with Crippen molar-refractivity contribution in [3.63, 3.8) is 0 Å². The van der Waals surface area contributed by atoms with Crippen LogP contribution >= 0.6 is 12.2 Å². The molecule has 6 heteroatoms. The highest BCUT2D eigenvalue weighted by molar-refractivity contribution is 7.80. The second-order valence-electron chi connectivity index (χ2n) is 10.2. The first-order valence-corrected chi connectivity index (χ1v) is 13.0.